The lowest BCUT2D eigenvalue weighted by Crippen LogP contribution is -2.55. The highest BCUT2D eigenvalue weighted by Crippen LogP contribution is 2.51. The molecule has 3 unspecified atom stereocenters. The van der Waals surface area contributed by atoms with Crippen molar-refractivity contribution in [2.24, 2.45) is 0 Å². The molecule has 9 nitrogen and oxygen atoms in total. The molecule has 260 valence electrons. The summed E-state index contributed by atoms with van der Waals surface area (Å²) >= 11 is 0. The topological polar surface area (TPSA) is 109 Å². The Balaban J connectivity index is 0.000000644. The van der Waals surface area contributed by atoms with Gasteiger partial charge in [-0.1, -0.05) is 12.1 Å². The molecule has 47 heavy (non-hydrogen) atoms. The Morgan fingerprint density at radius 2 is 1.64 bits per heavy atom. The number of halogens is 7. The molecule has 2 aromatic carbocycles. The lowest BCUT2D eigenvalue weighted by atomic mass is 9.65. The average molecular weight is 680 g/mol. The van der Waals surface area contributed by atoms with E-state index in [-0.39, 0.29) is 17.5 Å². The predicted molar refractivity (Wildman–Crippen MR) is 155 cm³/mol. The number of nitrogens with zero attached hydrogens (tertiary/aromatic N) is 1. The second-order valence-corrected chi connectivity index (χ2v) is 11.6. The number of fused-ring (bicyclic) bond motifs is 1. The van der Waals surface area contributed by atoms with Crippen LogP contribution in [0, 0.1) is 5.82 Å². The molecule has 2 heterocycles. The van der Waals surface area contributed by atoms with Crippen LogP contribution in [0.5, 0.6) is 11.5 Å². The van der Waals surface area contributed by atoms with Gasteiger partial charge in [0.2, 0.25) is 0 Å². The minimum Gasteiger partial charge on any atom is -0.493 e. The molecule has 1 saturated carbocycles. The highest BCUT2D eigenvalue weighted by molar-refractivity contribution is 5.89. The monoisotopic (exact) mass is 679 g/mol. The van der Waals surface area contributed by atoms with Crippen LogP contribution in [-0.4, -0.2) is 80.3 Å². The normalized spacial score (nSPS) is 23.6. The fourth-order valence-electron chi connectivity index (χ4n) is 6.84. The number of methoxy groups -OCH3 is 2. The summed E-state index contributed by atoms with van der Waals surface area (Å²) in [6, 6.07) is 8.46. The van der Waals surface area contributed by atoms with Crippen molar-refractivity contribution in [1.82, 2.24) is 10.2 Å². The van der Waals surface area contributed by atoms with E-state index in [1.54, 1.807) is 14.2 Å². The van der Waals surface area contributed by atoms with E-state index < -0.39 is 41.4 Å². The van der Waals surface area contributed by atoms with E-state index >= 15 is 0 Å². The molecular formula is C31H36F7N3O6. The van der Waals surface area contributed by atoms with Gasteiger partial charge in [-0.05, 0) is 74.9 Å². The maximum Gasteiger partial charge on any atom is 0.490 e. The van der Waals surface area contributed by atoms with Crippen LogP contribution in [0.3, 0.4) is 0 Å². The number of aliphatic carboxylic acids is 1. The third-order valence-corrected chi connectivity index (χ3v) is 9.05. The van der Waals surface area contributed by atoms with E-state index in [1.165, 1.54) is 5.56 Å². The maximum atomic E-state index is 14.5. The number of likely N-dealkylation sites (tertiary alicyclic amines) is 1. The van der Waals surface area contributed by atoms with E-state index in [0.29, 0.717) is 49.7 Å². The van der Waals surface area contributed by atoms with Gasteiger partial charge in [0.1, 0.15) is 0 Å². The van der Waals surface area contributed by atoms with Crippen LogP contribution in [0.25, 0.3) is 0 Å². The number of ether oxygens (including phenoxy) is 3. The van der Waals surface area contributed by atoms with Gasteiger partial charge >= 0.3 is 24.4 Å². The number of nitrogens with one attached hydrogen (secondary N) is 2. The van der Waals surface area contributed by atoms with E-state index in [4.69, 9.17) is 24.1 Å². The molecule has 3 fully saturated rings. The Hall–Kier alpha value is -3.79. The largest absolute Gasteiger partial charge is 0.493 e. The van der Waals surface area contributed by atoms with Crippen molar-refractivity contribution >= 4 is 17.7 Å². The van der Waals surface area contributed by atoms with Gasteiger partial charge in [0, 0.05) is 36.8 Å². The Labute approximate surface area is 266 Å². The van der Waals surface area contributed by atoms with E-state index in [0.717, 1.165) is 44.4 Å². The van der Waals surface area contributed by atoms with Crippen molar-refractivity contribution in [1.29, 1.82) is 0 Å². The first kappa shape index (κ1) is 36.1. The Morgan fingerprint density at radius 3 is 2.23 bits per heavy atom. The molecule has 0 aromatic heterocycles. The number of carboxylic acid groups (broad SMARTS) is 1. The number of urea groups is 1. The minimum atomic E-state index is -5.08. The summed E-state index contributed by atoms with van der Waals surface area (Å²) in [6.45, 7) is 2.34. The van der Waals surface area contributed by atoms with Gasteiger partial charge in [-0.2, -0.15) is 26.3 Å². The fourth-order valence-corrected chi connectivity index (χ4v) is 6.84. The van der Waals surface area contributed by atoms with Crippen LogP contribution in [0.4, 0.5) is 41.2 Å². The van der Waals surface area contributed by atoms with Crippen molar-refractivity contribution in [3.8, 4) is 11.5 Å². The second-order valence-electron chi connectivity index (χ2n) is 11.6. The number of amides is 2. The molecule has 16 heteroatoms. The lowest BCUT2D eigenvalue weighted by Gasteiger charge is -2.47. The number of hydrogen-bond acceptors (Lipinski definition) is 6. The molecule has 5 rings (SSSR count). The number of alkyl halides is 6. The molecule has 3 aliphatic rings. The summed E-state index contributed by atoms with van der Waals surface area (Å²) in [5, 5.41) is 12.3. The van der Waals surface area contributed by atoms with Crippen LogP contribution in [0.2, 0.25) is 0 Å². The number of benzene rings is 2. The van der Waals surface area contributed by atoms with Gasteiger partial charge < -0.3 is 30.0 Å². The van der Waals surface area contributed by atoms with Gasteiger partial charge in [-0.25, -0.2) is 14.0 Å². The van der Waals surface area contributed by atoms with Crippen LogP contribution >= 0.6 is 0 Å². The Kier molecular flexibility index (Phi) is 11.2. The SMILES string of the molecule is COc1ccc(C23CCC(NC(=O)Nc4cccc(C(F)(F)F)c4F)CC2N(C2CCOCC2)CC3)cc1OC.O=C(O)C(F)(F)F. The standard InChI is InChI=1S/C29H35F4N3O4.C2HF3O2/c1-38-23-7-6-18(16-24(23)39-2)28-11-8-19(17-25(28)36(13-12-28)20-9-14-40-15-10-20)34-27(37)35-22-5-3-4-21(26(22)30)29(31,32)33;3-2(4,5)1(6)7/h3-7,16,19-20,25H,8-15,17H2,1-2H3,(H2,34,35,37);(H,6,7). The molecule has 2 aliphatic heterocycles. The molecule has 2 saturated heterocycles. The second kappa shape index (κ2) is 14.5. The number of carbonyl (C=O) groups excluding carboxylic acids is 1. The average Bonchev–Trinajstić information content (AvgIpc) is 3.41. The first-order chi connectivity index (χ1) is 22.1. The van der Waals surface area contributed by atoms with Gasteiger partial charge in [0.25, 0.3) is 0 Å². The van der Waals surface area contributed by atoms with Crippen molar-refractivity contribution in [2.45, 2.75) is 74.4 Å². The highest BCUT2D eigenvalue weighted by Gasteiger charge is 2.53. The molecule has 1 aliphatic carbocycles. The summed E-state index contributed by atoms with van der Waals surface area (Å²) in [5.74, 6) is -2.93. The third kappa shape index (κ3) is 8.20. The van der Waals surface area contributed by atoms with Crippen molar-refractivity contribution in [2.75, 3.05) is 39.3 Å². The van der Waals surface area contributed by atoms with Gasteiger partial charge in [-0.15, -0.1) is 0 Å². The summed E-state index contributed by atoms with van der Waals surface area (Å²) in [6.07, 6.45) is -4.98. The van der Waals surface area contributed by atoms with Crippen molar-refractivity contribution < 1.29 is 59.6 Å². The summed E-state index contributed by atoms with van der Waals surface area (Å²) in [5.41, 5.74) is -0.911. The van der Waals surface area contributed by atoms with Crippen molar-refractivity contribution in [3.63, 3.8) is 0 Å². The van der Waals surface area contributed by atoms with E-state index in [2.05, 4.69) is 27.7 Å². The molecule has 3 atom stereocenters. The quantitative estimate of drug-likeness (QED) is 0.305. The molecular weight excluding hydrogens is 643 g/mol. The molecule has 0 spiro atoms. The zero-order valence-corrected chi connectivity index (χ0v) is 25.6. The zero-order valence-electron chi connectivity index (χ0n) is 25.6. The molecule has 0 bridgehead atoms. The number of carbonyl (C=O) groups is 2. The lowest BCUT2D eigenvalue weighted by molar-refractivity contribution is -0.192. The first-order valence-corrected chi connectivity index (χ1v) is 14.9. The van der Waals surface area contributed by atoms with Crippen LogP contribution in [0.15, 0.2) is 36.4 Å². The number of anilines is 1. The third-order valence-electron chi connectivity index (χ3n) is 9.05. The van der Waals surface area contributed by atoms with Crippen LogP contribution < -0.4 is 20.1 Å². The molecule has 2 aromatic rings. The Morgan fingerprint density at radius 1 is 0.979 bits per heavy atom. The molecule has 3 N–H and O–H groups in total. The van der Waals surface area contributed by atoms with Crippen LogP contribution in [-0.2, 0) is 21.1 Å². The smallest absolute Gasteiger partial charge is 0.490 e. The van der Waals surface area contributed by atoms with E-state index in [1.807, 2.05) is 6.07 Å². The first-order valence-electron chi connectivity index (χ1n) is 14.9. The van der Waals surface area contributed by atoms with Gasteiger partial charge in [0.15, 0.2) is 17.3 Å². The zero-order chi connectivity index (χ0) is 34.6. The summed E-state index contributed by atoms with van der Waals surface area (Å²) in [7, 11) is 3.22. The van der Waals surface area contributed by atoms with E-state index in [9.17, 15) is 35.5 Å². The maximum absolute atomic E-state index is 14.5. The summed E-state index contributed by atoms with van der Waals surface area (Å²) < 4.78 is 102. The molecule has 0 radical (unpaired) electrons. The fraction of sp³-hybridized carbons (Fsp3) is 0.548. The van der Waals surface area contributed by atoms with Gasteiger partial charge in [-0.3, -0.25) is 4.90 Å². The van der Waals surface area contributed by atoms with Gasteiger partial charge in [0.05, 0.1) is 25.5 Å². The number of rotatable bonds is 6. The Bertz CT molecular complexity index is 1420. The van der Waals surface area contributed by atoms with Crippen LogP contribution in [0.1, 0.15) is 49.7 Å². The predicted octanol–water partition coefficient (Wildman–Crippen LogP) is 6.36. The number of hydrogen-bond donors (Lipinski definition) is 3. The summed E-state index contributed by atoms with van der Waals surface area (Å²) in [4.78, 5) is 24.3. The highest BCUT2D eigenvalue weighted by atomic mass is 19.4. The van der Waals surface area contributed by atoms with Crippen molar-refractivity contribution in [3.05, 3.63) is 53.3 Å². The number of carboxylic acids is 1. The molecule has 2 amide bonds. The minimum absolute atomic E-state index is 0.123.